The number of rotatable bonds is 4. The molecule has 2 heterocycles. The van der Waals surface area contributed by atoms with Crippen LogP contribution >= 0.6 is 11.8 Å². The molecule has 1 N–H and O–H groups in total. The van der Waals surface area contributed by atoms with Crippen LogP contribution in [-0.2, 0) is 14.6 Å². The first-order chi connectivity index (χ1) is 12.4. The Morgan fingerprint density at radius 2 is 1.92 bits per heavy atom. The molecule has 7 nitrogen and oxygen atoms in total. The summed E-state index contributed by atoms with van der Waals surface area (Å²) in [6.45, 7) is 0. The Hall–Kier alpha value is -2.52. The van der Waals surface area contributed by atoms with Gasteiger partial charge in [-0.05, 0) is 34.7 Å². The van der Waals surface area contributed by atoms with Crippen LogP contribution in [-0.4, -0.2) is 41.1 Å². The largest absolute Gasteiger partial charge is 0.286 e. The zero-order chi connectivity index (χ0) is 18.3. The van der Waals surface area contributed by atoms with Gasteiger partial charge in [0, 0.05) is 6.42 Å². The van der Waals surface area contributed by atoms with Gasteiger partial charge in [-0.1, -0.05) is 30.3 Å². The molecule has 0 atom stereocenters. The molecule has 0 aliphatic carbocycles. The highest BCUT2D eigenvalue weighted by Crippen LogP contribution is 2.28. The summed E-state index contributed by atoms with van der Waals surface area (Å²) in [5.41, 5.74) is 0. The van der Waals surface area contributed by atoms with Gasteiger partial charge in [0.15, 0.2) is 15.0 Å². The average Bonchev–Trinajstić information content (AvgIpc) is 3.03. The van der Waals surface area contributed by atoms with Crippen molar-refractivity contribution in [1.82, 2.24) is 5.01 Å². The van der Waals surface area contributed by atoms with E-state index in [4.69, 9.17) is 5.41 Å². The van der Waals surface area contributed by atoms with Crippen LogP contribution in [0, 0.1) is 5.41 Å². The van der Waals surface area contributed by atoms with Crippen LogP contribution in [0.25, 0.3) is 10.8 Å². The fourth-order valence-corrected chi connectivity index (χ4v) is 5.07. The average molecular weight is 386 g/mol. The van der Waals surface area contributed by atoms with E-state index in [1.165, 1.54) is 5.01 Å². The molecule has 2 aromatic carbocycles. The fraction of sp³-hybridized carbons (Fsp3) is 0.176. The molecule has 0 bridgehead atoms. The monoisotopic (exact) mass is 386 g/mol. The SMILES string of the molecule is N=C1CC(=O)N=C2SC(CCS(=O)(=O)c3ccc4ccccc4c3)=NN12. The maximum Gasteiger partial charge on any atom is 0.255 e. The number of nitrogens with zero attached hydrogens (tertiary/aromatic N) is 3. The summed E-state index contributed by atoms with van der Waals surface area (Å²) in [6, 6.07) is 12.7. The van der Waals surface area contributed by atoms with Crippen LogP contribution in [0.3, 0.4) is 0 Å². The number of aliphatic imine (C=N–C) groups is 1. The van der Waals surface area contributed by atoms with Gasteiger partial charge in [0.25, 0.3) is 5.91 Å². The molecule has 2 aliphatic heterocycles. The van der Waals surface area contributed by atoms with Crippen molar-refractivity contribution in [2.45, 2.75) is 17.7 Å². The predicted molar refractivity (Wildman–Crippen MR) is 102 cm³/mol. The van der Waals surface area contributed by atoms with Crippen molar-refractivity contribution >= 4 is 54.3 Å². The molecule has 0 unspecified atom stereocenters. The molecule has 0 radical (unpaired) electrons. The van der Waals surface area contributed by atoms with E-state index in [1.54, 1.807) is 18.2 Å². The van der Waals surface area contributed by atoms with Gasteiger partial charge in [-0.15, -0.1) is 0 Å². The summed E-state index contributed by atoms with van der Waals surface area (Å²) < 4.78 is 25.3. The van der Waals surface area contributed by atoms with E-state index in [9.17, 15) is 13.2 Å². The van der Waals surface area contributed by atoms with E-state index in [1.807, 2.05) is 24.3 Å². The van der Waals surface area contributed by atoms with Gasteiger partial charge in [0.2, 0.25) is 0 Å². The molecule has 0 saturated carbocycles. The number of hydrogen-bond acceptors (Lipinski definition) is 6. The molecule has 0 fully saturated rings. The van der Waals surface area contributed by atoms with Gasteiger partial charge in [-0.3, -0.25) is 10.2 Å². The number of carbonyl (C=O) groups excluding carboxylic acids is 1. The number of amides is 1. The first-order valence-corrected chi connectivity index (χ1v) is 10.4. The van der Waals surface area contributed by atoms with Crippen LogP contribution in [0.15, 0.2) is 57.5 Å². The Balaban J connectivity index is 1.52. The van der Waals surface area contributed by atoms with Crippen molar-refractivity contribution < 1.29 is 13.2 Å². The summed E-state index contributed by atoms with van der Waals surface area (Å²) in [5, 5.41) is 16.0. The molecular weight excluding hydrogens is 372 g/mol. The van der Waals surface area contributed by atoms with Crippen molar-refractivity contribution in [3.8, 4) is 0 Å². The highest BCUT2D eigenvalue weighted by molar-refractivity contribution is 8.27. The topological polar surface area (TPSA) is 103 Å². The van der Waals surface area contributed by atoms with Crippen molar-refractivity contribution in [1.29, 1.82) is 5.41 Å². The first kappa shape index (κ1) is 16.9. The summed E-state index contributed by atoms with van der Waals surface area (Å²) in [4.78, 5) is 15.5. The van der Waals surface area contributed by atoms with Gasteiger partial charge in [-0.2, -0.15) is 15.1 Å². The molecule has 2 aliphatic rings. The van der Waals surface area contributed by atoms with E-state index in [-0.39, 0.29) is 35.2 Å². The van der Waals surface area contributed by atoms with E-state index in [0.29, 0.717) is 10.2 Å². The molecule has 0 saturated heterocycles. The number of sulfone groups is 1. The number of amidine groups is 2. The van der Waals surface area contributed by atoms with Crippen LogP contribution in [0.4, 0.5) is 0 Å². The highest BCUT2D eigenvalue weighted by atomic mass is 32.2. The molecule has 0 spiro atoms. The van der Waals surface area contributed by atoms with Gasteiger partial charge in [0.1, 0.15) is 10.9 Å². The van der Waals surface area contributed by atoms with Gasteiger partial charge >= 0.3 is 0 Å². The normalized spacial score (nSPS) is 17.3. The lowest BCUT2D eigenvalue weighted by molar-refractivity contribution is -0.117. The first-order valence-electron chi connectivity index (χ1n) is 7.88. The molecular formula is C17H14N4O3S2. The Labute approximate surface area is 154 Å². The minimum Gasteiger partial charge on any atom is -0.286 e. The number of hydrazone groups is 1. The van der Waals surface area contributed by atoms with Crippen LogP contribution in [0.5, 0.6) is 0 Å². The summed E-state index contributed by atoms with van der Waals surface area (Å²) in [5.74, 6) is -0.423. The van der Waals surface area contributed by atoms with Crippen LogP contribution < -0.4 is 0 Å². The second-order valence-electron chi connectivity index (χ2n) is 5.90. The third kappa shape index (κ3) is 3.15. The van der Waals surface area contributed by atoms with Crippen molar-refractivity contribution in [3.05, 3.63) is 42.5 Å². The quantitative estimate of drug-likeness (QED) is 0.870. The molecule has 132 valence electrons. The van der Waals surface area contributed by atoms with Crippen molar-refractivity contribution in [2.75, 3.05) is 5.75 Å². The Bertz CT molecular complexity index is 1110. The van der Waals surface area contributed by atoms with E-state index in [2.05, 4.69) is 10.1 Å². The summed E-state index contributed by atoms with van der Waals surface area (Å²) >= 11 is 1.14. The number of carbonyl (C=O) groups is 1. The summed E-state index contributed by atoms with van der Waals surface area (Å²) in [7, 11) is -3.47. The van der Waals surface area contributed by atoms with Crippen LogP contribution in [0.1, 0.15) is 12.8 Å². The number of benzene rings is 2. The second-order valence-corrected chi connectivity index (χ2v) is 9.05. The molecule has 2 aromatic rings. The lowest BCUT2D eigenvalue weighted by atomic mass is 10.1. The minimum absolute atomic E-state index is 0.0555. The minimum atomic E-state index is -3.47. The van der Waals surface area contributed by atoms with Gasteiger partial charge in [-0.25, -0.2) is 8.42 Å². The standard InChI is InChI=1S/C17H14N4O3S2/c18-14-10-15(22)19-17-21(14)20-16(25-17)7-8-26(23,24)13-6-5-11-3-1-2-4-12(11)9-13/h1-6,9,18H,7-8,10H2. The van der Waals surface area contributed by atoms with E-state index >= 15 is 0 Å². The summed E-state index contributed by atoms with van der Waals surface area (Å²) in [6.07, 6.45) is 0.118. The molecule has 26 heavy (non-hydrogen) atoms. The Morgan fingerprint density at radius 1 is 1.15 bits per heavy atom. The predicted octanol–water partition coefficient (Wildman–Crippen LogP) is 2.63. The molecule has 1 amide bonds. The van der Waals surface area contributed by atoms with Crippen LogP contribution in [0.2, 0.25) is 0 Å². The zero-order valence-electron chi connectivity index (χ0n) is 13.5. The smallest absolute Gasteiger partial charge is 0.255 e. The number of fused-ring (bicyclic) bond motifs is 2. The molecule has 9 heteroatoms. The Morgan fingerprint density at radius 3 is 2.73 bits per heavy atom. The van der Waals surface area contributed by atoms with Crippen molar-refractivity contribution in [3.63, 3.8) is 0 Å². The number of nitrogens with one attached hydrogen (secondary N) is 1. The lowest BCUT2D eigenvalue weighted by Crippen LogP contribution is -2.33. The highest BCUT2D eigenvalue weighted by Gasteiger charge is 2.32. The third-order valence-electron chi connectivity index (χ3n) is 4.06. The Kier molecular flexibility index (Phi) is 4.12. The molecule has 0 aromatic heterocycles. The second kappa shape index (κ2) is 6.33. The van der Waals surface area contributed by atoms with E-state index in [0.717, 1.165) is 22.5 Å². The van der Waals surface area contributed by atoms with Gasteiger partial charge < -0.3 is 0 Å². The third-order valence-corrected chi connectivity index (χ3v) is 6.74. The fourth-order valence-electron chi connectivity index (χ4n) is 2.74. The number of hydrogen-bond donors (Lipinski definition) is 1. The molecule has 4 rings (SSSR count). The van der Waals surface area contributed by atoms with Crippen molar-refractivity contribution in [2.24, 2.45) is 10.1 Å². The maximum absolute atomic E-state index is 12.7. The maximum atomic E-state index is 12.7. The van der Waals surface area contributed by atoms with E-state index < -0.39 is 9.84 Å². The number of thioether (sulfide) groups is 1. The van der Waals surface area contributed by atoms with Gasteiger partial charge in [0.05, 0.1) is 17.1 Å². The zero-order valence-corrected chi connectivity index (χ0v) is 15.2. The lowest BCUT2D eigenvalue weighted by Gasteiger charge is -2.17.